The highest BCUT2D eigenvalue weighted by Crippen LogP contribution is 2.33. The zero-order chi connectivity index (χ0) is 24.4. The van der Waals surface area contributed by atoms with E-state index in [0.29, 0.717) is 17.1 Å². The molecule has 2 fully saturated rings. The van der Waals surface area contributed by atoms with Gasteiger partial charge in [0.2, 0.25) is 5.82 Å². The molecule has 1 saturated heterocycles. The SMILES string of the molecule is N#Cc1cc(-c2cc(NC(O)C3CC3)ncn2)ccc1O[C@H]1CCN(C(=O)c2ncn[nH]2)C[C@H]1F. The molecule has 0 spiro atoms. The van der Waals surface area contributed by atoms with Gasteiger partial charge in [0.05, 0.1) is 17.8 Å². The van der Waals surface area contributed by atoms with E-state index in [1.165, 1.54) is 17.6 Å². The maximum atomic E-state index is 14.9. The molecule has 1 aliphatic carbocycles. The first-order chi connectivity index (χ1) is 17.0. The molecule has 3 atom stereocenters. The molecule has 1 amide bonds. The minimum Gasteiger partial charge on any atom is -0.486 e. The number of halogens is 1. The van der Waals surface area contributed by atoms with Crippen LogP contribution in [0.25, 0.3) is 11.3 Å². The van der Waals surface area contributed by atoms with E-state index >= 15 is 0 Å². The molecule has 3 heterocycles. The molecule has 5 rings (SSSR count). The quantitative estimate of drug-likeness (QED) is 0.432. The Labute approximate surface area is 200 Å². The van der Waals surface area contributed by atoms with Crippen LogP contribution in [0, 0.1) is 17.2 Å². The second-order valence-electron chi connectivity index (χ2n) is 8.58. The lowest BCUT2D eigenvalue weighted by Crippen LogP contribution is -2.49. The summed E-state index contributed by atoms with van der Waals surface area (Å²) < 4.78 is 20.7. The summed E-state index contributed by atoms with van der Waals surface area (Å²) in [7, 11) is 0. The molecule has 3 N–H and O–H groups in total. The number of nitrogens with one attached hydrogen (secondary N) is 2. The Bertz CT molecular complexity index is 1240. The number of aromatic nitrogens is 5. The van der Waals surface area contributed by atoms with E-state index in [4.69, 9.17) is 4.74 Å². The number of nitrogens with zero attached hydrogens (tertiary/aromatic N) is 6. The topological polar surface area (TPSA) is 153 Å². The largest absolute Gasteiger partial charge is 0.486 e. The lowest BCUT2D eigenvalue weighted by atomic mass is 10.0. The van der Waals surface area contributed by atoms with E-state index < -0.39 is 24.4 Å². The average Bonchev–Trinajstić information content (AvgIpc) is 3.59. The maximum absolute atomic E-state index is 14.9. The first-order valence-corrected chi connectivity index (χ1v) is 11.3. The molecule has 1 saturated carbocycles. The van der Waals surface area contributed by atoms with Crippen molar-refractivity contribution in [3.8, 4) is 23.1 Å². The van der Waals surface area contributed by atoms with Crippen LogP contribution < -0.4 is 10.1 Å². The van der Waals surface area contributed by atoms with E-state index in [1.54, 1.807) is 24.3 Å². The zero-order valence-corrected chi connectivity index (χ0v) is 18.6. The van der Waals surface area contributed by atoms with E-state index in [-0.39, 0.29) is 42.6 Å². The standard InChI is InChI=1S/C23H23FN8O3/c24-16-10-32(23(34)21-28-12-29-31-21)6-5-19(16)35-18-4-3-14(7-15(18)9-25)17-8-20(27-11-26-17)30-22(33)13-1-2-13/h3-4,7-8,11-13,16,19,22,33H,1-2,5-6,10H2,(H,26,27,30)(H,28,29,31)/t16-,19+,22?/m1/s1. The molecular weight excluding hydrogens is 455 g/mol. The van der Waals surface area contributed by atoms with Crippen LogP contribution in [0.4, 0.5) is 10.2 Å². The van der Waals surface area contributed by atoms with Crippen molar-refractivity contribution < 1.29 is 19.0 Å². The predicted octanol–water partition coefficient (Wildman–Crippen LogP) is 1.91. The summed E-state index contributed by atoms with van der Waals surface area (Å²) in [6, 6.07) is 8.75. The number of nitriles is 1. The number of aliphatic hydroxyl groups excluding tert-OH is 1. The first kappa shape index (κ1) is 22.7. The van der Waals surface area contributed by atoms with E-state index in [2.05, 4.69) is 36.5 Å². The molecule has 0 radical (unpaired) electrons. The number of carbonyl (C=O) groups excluding carboxylic acids is 1. The maximum Gasteiger partial charge on any atom is 0.291 e. The molecule has 3 aromatic rings. The monoisotopic (exact) mass is 478 g/mol. The highest BCUT2D eigenvalue weighted by Gasteiger charge is 2.34. The van der Waals surface area contributed by atoms with Crippen LogP contribution in [-0.2, 0) is 0 Å². The Morgan fingerprint density at radius 2 is 2.11 bits per heavy atom. The van der Waals surface area contributed by atoms with Crippen LogP contribution in [0.5, 0.6) is 5.75 Å². The molecule has 0 bridgehead atoms. The number of rotatable bonds is 7. The highest BCUT2D eigenvalue weighted by molar-refractivity contribution is 5.90. The lowest BCUT2D eigenvalue weighted by Gasteiger charge is -2.34. The minimum atomic E-state index is -1.43. The smallest absolute Gasteiger partial charge is 0.291 e. The van der Waals surface area contributed by atoms with Crippen molar-refractivity contribution in [3.63, 3.8) is 0 Å². The van der Waals surface area contributed by atoms with Gasteiger partial charge in [-0.25, -0.2) is 19.3 Å². The fraction of sp³-hybridized carbons (Fsp3) is 0.391. The number of aliphatic hydroxyl groups is 1. The summed E-state index contributed by atoms with van der Waals surface area (Å²) in [4.78, 5) is 26.0. The number of amides is 1. The Morgan fingerprint density at radius 1 is 1.26 bits per heavy atom. The number of H-pyrrole nitrogens is 1. The minimum absolute atomic E-state index is 0.0593. The number of ether oxygens (including phenoxy) is 1. The Balaban J connectivity index is 1.26. The van der Waals surface area contributed by atoms with Gasteiger partial charge in [-0.05, 0) is 31.0 Å². The molecular formula is C23H23FN8O3. The van der Waals surface area contributed by atoms with Gasteiger partial charge in [-0.3, -0.25) is 9.89 Å². The third-order valence-corrected chi connectivity index (χ3v) is 6.09. The normalized spacial score (nSPS) is 20.7. The molecule has 1 aromatic carbocycles. The van der Waals surface area contributed by atoms with Gasteiger partial charge in [0.15, 0.2) is 6.17 Å². The summed E-state index contributed by atoms with van der Waals surface area (Å²) in [5.74, 6) is 0.621. The van der Waals surface area contributed by atoms with Gasteiger partial charge >= 0.3 is 0 Å². The number of anilines is 1. The van der Waals surface area contributed by atoms with Gasteiger partial charge < -0.3 is 20.1 Å². The fourth-order valence-corrected chi connectivity index (χ4v) is 3.98. The Morgan fingerprint density at radius 3 is 2.83 bits per heavy atom. The second-order valence-corrected chi connectivity index (χ2v) is 8.58. The van der Waals surface area contributed by atoms with Crippen LogP contribution in [0.2, 0.25) is 0 Å². The van der Waals surface area contributed by atoms with E-state index in [0.717, 1.165) is 12.8 Å². The van der Waals surface area contributed by atoms with Gasteiger partial charge in [-0.15, -0.1) is 0 Å². The van der Waals surface area contributed by atoms with E-state index in [1.807, 2.05) is 0 Å². The number of piperidine rings is 1. The van der Waals surface area contributed by atoms with Crippen LogP contribution in [-0.4, -0.2) is 72.7 Å². The third kappa shape index (κ3) is 5.04. The first-order valence-electron chi connectivity index (χ1n) is 11.3. The lowest BCUT2D eigenvalue weighted by molar-refractivity contribution is 0.0195. The van der Waals surface area contributed by atoms with Crippen LogP contribution in [0.3, 0.4) is 0 Å². The molecule has 1 unspecified atom stereocenters. The number of hydrogen-bond donors (Lipinski definition) is 3. The number of aromatic amines is 1. The van der Waals surface area contributed by atoms with Crippen LogP contribution in [0.1, 0.15) is 35.4 Å². The van der Waals surface area contributed by atoms with Crippen molar-refractivity contribution in [1.29, 1.82) is 5.26 Å². The summed E-state index contributed by atoms with van der Waals surface area (Å²) in [5.41, 5.74) is 1.46. The van der Waals surface area contributed by atoms with Gasteiger partial charge in [-0.1, -0.05) is 0 Å². The average molecular weight is 478 g/mol. The highest BCUT2D eigenvalue weighted by atomic mass is 19.1. The van der Waals surface area contributed by atoms with Gasteiger partial charge in [-0.2, -0.15) is 10.4 Å². The molecule has 1 aliphatic heterocycles. The number of benzene rings is 1. The predicted molar refractivity (Wildman–Crippen MR) is 121 cm³/mol. The zero-order valence-electron chi connectivity index (χ0n) is 18.6. The summed E-state index contributed by atoms with van der Waals surface area (Å²) in [6.07, 6.45) is 1.94. The Kier molecular flexibility index (Phi) is 6.24. The summed E-state index contributed by atoms with van der Waals surface area (Å²) in [5, 5.41) is 28.9. The number of likely N-dealkylation sites (tertiary alicyclic amines) is 1. The number of hydrogen-bond acceptors (Lipinski definition) is 9. The fourth-order valence-electron chi connectivity index (χ4n) is 3.98. The van der Waals surface area contributed by atoms with Crippen molar-refractivity contribution in [2.24, 2.45) is 5.92 Å². The Hall–Kier alpha value is -4.11. The summed E-state index contributed by atoms with van der Waals surface area (Å²) >= 11 is 0. The molecule has 11 nitrogen and oxygen atoms in total. The third-order valence-electron chi connectivity index (χ3n) is 6.09. The molecule has 12 heteroatoms. The molecule has 2 aliphatic rings. The van der Waals surface area contributed by atoms with Gasteiger partial charge in [0.25, 0.3) is 5.91 Å². The van der Waals surface area contributed by atoms with Crippen LogP contribution >= 0.6 is 0 Å². The second kappa shape index (κ2) is 9.63. The molecule has 35 heavy (non-hydrogen) atoms. The van der Waals surface area contributed by atoms with Crippen molar-refractivity contribution >= 4 is 11.7 Å². The number of alkyl halides is 1. The molecule has 2 aromatic heterocycles. The van der Waals surface area contributed by atoms with Gasteiger partial charge in [0, 0.05) is 30.5 Å². The van der Waals surface area contributed by atoms with Crippen LogP contribution in [0.15, 0.2) is 36.9 Å². The number of carbonyl (C=O) groups is 1. The summed E-state index contributed by atoms with van der Waals surface area (Å²) in [6.45, 7) is 0.140. The molecule has 180 valence electrons. The van der Waals surface area contributed by atoms with Crippen molar-refractivity contribution in [3.05, 3.63) is 48.3 Å². The van der Waals surface area contributed by atoms with Crippen molar-refractivity contribution in [2.75, 3.05) is 18.4 Å². The van der Waals surface area contributed by atoms with E-state index in [9.17, 15) is 19.6 Å². The van der Waals surface area contributed by atoms with Crippen molar-refractivity contribution in [1.82, 2.24) is 30.0 Å². The van der Waals surface area contributed by atoms with Gasteiger partial charge in [0.1, 0.15) is 42.6 Å². The van der Waals surface area contributed by atoms with Crippen molar-refractivity contribution in [2.45, 2.75) is 37.8 Å².